The van der Waals surface area contributed by atoms with Crippen LogP contribution in [-0.2, 0) is 25.5 Å². The molecule has 7 nitrogen and oxygen atoms in total. The van der Waals surface area contributed by atoms with Crippen molar-refractivity contribution in [1.82, 2.24) is 4.57 Å². The Morgan fingerprint density at radius 2 is 1.58 bits per heavy atom. The molecule has 184 valence electrons. The maximum absolute atomic E-state index is 13.1. The number of hydrogen-bond donors (Lipinski definition) is 0. The van der Waals surface area contributed by atoms with E-state index in [4.69, 9.17) is 14.2 Å². The lowest BCUT2D eigenvalue weighted by molar-refractivity contribution is -0.151. The fourth-order valence-electron chi connectivity index (χ4n) is 4.17. The first-order valence-corrected chi connectivity index (χ1v) is 11.6. The highest BCUT2D eigenvalue weighted by Gasteiger charge is 2.35. The number of esters is 3. The van der Waals surface area contributed by atoms with Crippen LogP contribution in [0, 0.1) is 0 Å². The maximum Gasteiger partial charge on any atom is 0.354 e. The third kappa shape index (κ3) is 5.30. The summed E-state index contributed by atoms with van der Waals surface area (Å²) in [7, 11) is 2.53. The van der Waals surface area contributed by atoms with E-state index in [1.807, 2.05) is 48.6 Å². The Hall–Kier alpha value is -4.39. The Labute approximate surface area is 209 Å². The second-order valence-electron chi connectivity index (χ2n) is 8.21. The van der Waals surface area contributed by atoms with Crippen molar-refractivity contribution in [3.05, 3.63) is 113 Å². The second-order valence-corrected chi connectivity index (χ2v) is 8.21. The van der Waals surface area contributed by atoms with E-state index in [0.29, 0.717) is 16.8 Å². The number of carbonyl (C=O) groups excluding carboxylic acids is 3. The summed E-state index contributed by atoms with van der Waals surface area (Å²) in [4.78, 5) is 39.0. The van der Waals surface area contributed by atoms with Gasteiger partial charge in [-0.25, -0.2) is 14.4 Å². The van der Waals surface area contributed by atoms with Crippen molar-refractivity contribution in [2.45, 2.75) is 25.5 Å². The average Bonchev–Trinajstić information content (AvgIpc) is 3.30. The fourth-order valence-corrected chi connectivity index (χ4v) is 4.17. The van der Waals surface area contributed by atoms with Gasteiger partial charge in [-0.05, 0) is 42.2 Å². The van der Waals surface area contributed by atoms with Gasteiger partial charge in [-0.3, -0.25) is 0 Å². The minimum Gasteiger partial charge on any atom is -0.466 e. The number of allylic oxidation sites excluding steroid dienone is 4. The van der Waals surface area contributed by atoms with Crippen LogP contribution in [0.2, 0.25) is 0 Å². The molecule has 0 fully saturated rings. The molecule has 0 radical (unpaired) electrons. The first-order chi connectivity index (χ1) is 17.5. The topological polar surface area (TPSA) is 83.8 Å². The van der Waals surface area contributed by atoms with E-state index in [9.17, 15) is 14.4 Å². The monoisotopic (exact) mass is 485 g/mol. The van der Waals surface area contributed by atoms with Gasteiger partial charge < -0.3 is 18.8 Å². The summed E-state index contributed by atoms with van der Waals surface area (Å²) < 4.78 is 17.6. The van der Waals surface area contributed by atoms with Gasteiger partial charge in [0, 0.05) is 12.1 Å². The SMILES string of the molecule is COC(=O)c1cc(C2=CCCC=C2)c(C(OC(=O)c2ccccc2)C(=O)OC)n1Cc1ccccc1. The van der Waals surface area contributed by atoms with E-state index in [0.717, 1.165) is 24.0 Å². The van der Waals surface area contributed by atoms with Crippen molar-refractivity contribution in [2.24, 2.45) is 0 Å². The molecule has 0 saturated carbocycles. The number of ether oxygens (including phenoxy) is 3. The average molecular weight is 486 g/mol. The number of aromatic nitrogens is 1. The highest BCUT2D eigenvalue weighted by molar-refractivity contribution is 5.94. The Morgan fingerprint density at radius 1 is 0.889 bits per heavy atom. The van der Waals surface area contributed by atoms with Gasteiger partial charge in [-0.1, -0.05) is 66.8 Å². The number of nitrogens with zero attached hydrogens (tertiary/aromatic N) is 1. The molecule has 2 aromatic carbocycles. The molecule has 0 aliphatic heterocycles. The summed E-state index contributed by atoms with van der Waals surface area (Å²) >= 11 is 0. The molecule has 7 heteroatoms. The Morgan fingerprint density at radius 3 is 2.19 bits per heavy atom. The van der Waals surface area contributed by atoms with Crippen LogP contribution in [0.25, 0.3) is 5.57 Å². The van der Waals surface area contributed by atoms with Crippen LogP contribution in [0.1, 0.15) is 56.6 Å². The molecule has 0 saturated heterocycles. The van der Waals surface area contributed by atoms with Crippen LogP contribution in [0.3, 0.4) is 0 Å². The van der Waals surface area contributed by atoms with E-state index < -0.39 is 24.0 Å². The smallest absolute Gasteiger partial charge is 0.354 e. The van der Waals surface area contributed by atoms with Crippen molar-refractivity contribution in [3.63, 3.8) is 0 Å². The maximum atomic E-state index is 13.1. The normalized spacial score (nSPS) is 13.4. The molecule has 3 aromatic rings. The van der Waals surface area contributed by atoms with Crippen LogP contribution in [0.4, 0.5) is 0 Å². The van der Waals surface area contributed by atoms with Gasteiger partial charge in [0.15, 0.2) is 0 Å². The zero-order chi connectivity index (χ0) is 25.5. The van der Waals surface area contributed by atoms with Crippen LogP contribution in [0.15, 0.2) is 85.0 Å². The van der Waals surface area contributed by atoms with E-state index in [2.05, 4.69) is 0 Å². The first kappa shape index (κ1) is 24.7. The van der Waals surface area contributed by atoms with Crippen molar-refractivity contribution in [3.8, 4) is 0 Å². The molecule has 1 aliphatic carbocycles. The molecule has 1 heterocycles. The first-order valence-electron chi connectivity index (χ1n) is 11.6. The lowest BCUT2D eigenvalue weighted by atomic mass is 9.97. The minimum absolute atomic E-state index is 0.232. The van der Waals surface area contributed by atoms with E-state index in [-0.39, 0.29) is 12.2 Å². The number of carbonyl (C=O) groups is 3. The van der Waals surface area contributed by atoms with Gasteiger partial charge in [-0.15, -0.1) is 0 Å². The molecule has 1 aliphatic rings. The summed E-state index contributed by atoms with van der Waals surface area (Å²) in [6, 6.07) is 19.6. The van der Waals surface area contributed by atoms with Gasteiger partial charge in [0.05, 0.1) is 25.5 Å². The van der Waals surface area contributed by atoms with Crippen LogP contribution in [-0.4, -0.2) is 36.7 Å². The van der Waals surface area contributed by atoms with E-state index in [1.165, 1.54) is 14.2 Å². The van der Waals surface area contributed by atoms with Gasteiger partial charge in [0.2, 0.25) is 6.10 Å². The predicted octanol–water partition coefficient (Wildman–Crippen LogP) is 5.13. The second kappa shape index (κ2) is 11.4. The standard InChI is InChI=1S/C29H27NO6/c1-34-28(32)24-18-23(21-14-8-4-9-15-21)25(30(24)19-20-12-6-3-7-13-20)26(29(33)35-2)36-27(31)22-16-10-5-11-17-22/h3,5-8,10-18,26H,4,9,19H2,1-2H3. The summed E-state index contributed by atoms with van der Waals surface area (Å²) in [6.45, 7) is 0.244. The van der Waals surface area contributed by atoms with Crippen molar-refractivity contribution < 1.29 is 28.6 Å². The lowest BCUT2D eigenvalue weighted by Gasteiger charge is -2.22. The van der Waals surface area contributed by atoms with Crippen molar-refractivity contribution in [2.75, 3.05) is 14.2 Å². The number of benzene rings is 2. The lowest BCUT2D eigenvalue weighted by Crippen LogP contribution is -2.26. The molecule has 0 bridgehead atoms. The van der Waals surface area contributed by atoms with Gasteiger partial charge in [-0.2, -0.15) is 0 Å². The van der Waals surface area contributed by atoms with Crippen LogP contribution < -0.4 is 0 Å². The molecule has 36 heavy (non-hydrogen) atoms. The molecular formula is C29H27NO6. The quantitative estimate of drug-likeness (QED) is 0.325. The third-order valence-electron chi connectivity index (χ3n) is 5.92. The Kier molecular flexibility index (Phi) is 7.80. The van der Waals surface area contributed by atoms with Crippen molar-refractivity contribution >= 4 is 23.5 Å². The molecular weight excluding hydrogens is 458 g/mol. The molecule has 0 amide bonds. The zero-order valence-corrected chi connectivity index (χ0v) is 20.2. The van der Waals surface area contributed by atoms with Crippen LogP contribution in [0.5, 0.6) is 0 Å². The van der Waals surface area contributed by atoms with Crippen LogP contribution >= 0.6 is 0 Å². The minimum atomic E-state index is -1.42. The third-order valence-corrected chi connectivity index (χ3v) is 5.92. The molecule has 1 atom stereocenters. The highest BCUT2D eigenvalue weighted by Crippen LogP contribution is 2.35. The van der Waals surface area contributed by atoms with Gasteiger partial charge in [0.25, 0.3) is 0 Å². The summed E-state index contributed by atoms with van der Waals surface area (Å²) in [6.07, 6.45) is 6.25. The Balaban J connectivity index is 1.91. The number of rotatable bonds is 8. The zero-order valence-electron chi connectivity index (χ0n) is 20.2. The molecule has 4 rings (SSSR count). The summed E-state index contributed by atoms with van der Waals surface area (Å²) in [5.74, 6) is -2.02. The molecule has 0 spiro atoms. The molecule has 1 aromatic heterocycles. The fraction of sp³-hybridized carbons (Fsp3) is 0.207. The molecule has 1 unspecified atom stereocenters. The highest BCUT2D eigenvalue weighted by atomic mass is 16.6. The van der Waals surface area contributed by atoms with Crippen molar-refractivity contribution in [1.29, 1.82) is 0 Å². The molecule has 0 N–H and O–H groups in total. The van der Waals surface area contributed by atoms with Gasteiger partial charge >= 0.3 is 17.9 Å². The van der Waals surface area contributed by atoms with Gasteiger partial charge in [0.1, 0.15) is 5.69 Å². The Bertz CT molecular complexity index is 1300. The van der Waals surface area contributed by atoms with E-state index in [1.54, 1.807) is 41.0 Å². The summed E-state index contributed by atoms with van der Waals surface area (Å²) in [5, 5.41) is 0. The number of methoxy groups -OCH3 is 2. The van der Waals surface area contributed by atoms with E-state index >= 15 is 0 Å². The largest absolute Gasteiger partial charge is 0.466 e. The number of hydrogen-bond acceptors (Lipinski definition) is 6. The summed E-state index contributed by atoms with van der Waals surface area (Å²) in [5.41, 5.74) is 3.16. The predicted molar refractivity (Wildman–Crippen MR) is 134 cm³/mol.